The minimum atomic E-state index is 0.102. The van der Waals surface area contributed by atoms with Gasteiger partial charge in [-0.1, -0.05) is 30.0 Å². The predicted molar refractivity (Wildman–Crippen MR) is 79.6 cm³/mol. The summed E-state index contributed by atoms with van der Waals surface area (Å²) in [5.41, 5.74) is 0.863. The highest BCUT2D eigenvalue weighted by Gasteiger charge is 2.29. The number of hydrogen-bond donors (Lipinski definition) is 1. The summed E-state index contributed by atoms with van der Waals surface area (Å²) >= 11 is 1.29. The van der Waals surface area contributed by atoms with Gasteiger partial charge >= 0.3 is 0 Å². The maximum atomic E-state index is 11.9. The third kappa shape index (κ3) is 4.00. The van der Waals surface area contributed by atoms with Gasteiger partial charge < -0.3 is 10.0 Å². The summed E-state index contributed by atoms with van der Waals surface area (Å²) in [7, 11) is 0. The van der Waals surface area contributed by atoms with Crippen molar-refractivity contribution in [2.75, 3.05) is 18.8 Å². The zero-order chi connectivity index (χ0) is 14.5. The van der Waals surface area contributed by atoms with Crippen LogP contribution in [0.1, 0.15) is 18.9 Å². The fourth-order valence-corrected chi connectivity index (χ4v) is 3.09. The van der Waals surface area contributed by atoms with E-state index in [1.165, 1.54) is 11.8 Å². The van der Waals surface area contributed by atoms with Crippen LogP contribution in [0.25, 0.3) is 0 Å². The first-order valence-electron chi connectivity index (χ1n) is 6.74. The van der Waals surface area contributed by atoms with Crippen LogP contribution in [0.5, 0.6) is 5.75 Å². The van der Waals surface area contributed by atoms with Crippen molar-refractivity contribution >= 4 is 22.8 Å². The lowest BCUT2D eigenvalue weighted by Crippen LogP contribution is -2.27. The Hall–Kier alpha value is -1.49. The maximum absolute atomic E-state index is 11.9. The summed E-state index contributed by atoms with van der Waals surface area (Å²) in [6.07, 6.45) is 1.19. The largest absolute Gasteiger partial charge is 0.508 e. The standard InChI is InChI=1S/C15H19NO3S/c1-11(17)20-10-12-8-15(19)16(9-12)7-6-13-4-2-3-5-14(13)18/h2-5,12,18H,6-10H2,1H3. The van der Waals surface area contributed by atoms with Gasteiger partial charge in [0.05, 0.1) is 0 Å². The number of amides is 1. The second kappa shape index (κ2) is 6.79. The topological polar surface area (TPSA) is 57.6 Å². The van der Waals surface area contributed by atoms with Gasteiger partial charge in [0.2, 0.25) is 5.91 Å². The molecule has 2 rings (SSSR count). The maximum Gasteiger partial charge on any atom is 0.222 e. The molecule has 1 N–H and O–H groups in total. The fraction of sp³-hybridized carbons (Fsp3) is 0.467. The van der Waals surface area contributed by atoms with E-state index in [0.29, 0.717) is 31.7 Å². The highest BCUT2D eigenvalue weighted by atomic mass is 32.2. The number of benzene rings is 1. The Morgan fingerprint density at radius 1 is 1.45 bits per heavy atom. The molecule has 0 aromatic heterocycles. The van der Waals surface area contributed by atoms with Crippen molar-refractivity contribution in [2.24, 2.45) is 5.92 Å². The number of carbonyl (C=O) groups excluding carboxylic acids is 2. The van der Waals surface area contributed by atoms with Crippen LogP contribution in [0.4, 0.5) is 0 Å². The number of phenols is 1. The van der Waals surface area contributed by atoms with Crippen LogP contribution in [0, 0.1) is 5.92 Å². The van der Waals surface area contributed by atoms with Crippen LogP contribution >= 0.6 is 11.8 Å². The van der Waals surface area contributed by atoms with E-state index in [2.05, 4.69) is 0 Å². The molecule has 1 fully saturated rings. The van der Waals surface area contributed by atoms with Crippen molar-refractivity contribution in [2.45, 2.75) is 19.8 Å². The molecule has 1 aliphatic rings. The zero-order valence-electron chi connectivity index (χ0n) is 11.5. The summed E-state index contributed by atoms with van der Waals surface area (Å²) in [6, 6.07) is 7.20. The molecule has 0 spiro atoms. The van der Waals surface area contributed by atoms with E-state index in [1.54, 1.807) is 19.1 Å². The van der Waals surface area contributed by atoms with E-state index in [4.69, 9.17) is 0 Å². The van der Waals surface area contributed by atoms with Crippen molar-refractivity contribution in [3.8, 4) is 5.75 Å². The Bertz CT molecular complexity index is 504. The Morgan fingerprint density at radius 2 is 2.20 bits per heavy atom. The van der Waals surface area contributed by atoms with Gasteiger partial charge in [0.25, 0.3) is 0 Å². The Balaban J connectivity index is 1.83. The van der Waals surface area contributed by atoms with Gasteiger partial charge in [-0.25, -0.2) is 0 Å². The second-order valence-corrected chi connectivity index (χ2v) is 6.29. The van der Waals surface area contributed by atoms with E-state index in [1.807, 2.05) is 17.0 Å². The van der Waals surface area contributed by atoms with Gasteiger partial charge in [0.15, 0.2) is 5.12 Å². The number of rotatable bonds is 5. The van der Waals surface area contributed by atoms with E-state index in [-0.39, 0.29) is 22.7 Å². The summed E-state index contributed by atoms with van der Waals surface area (Å²) in [5.74, 6) is 1.41. The Labute approximate surface area is 123 Å². The Kier molecular flexibility index (Phi) is 5.06. The third-order valence-corrected chi connectivity index (χ3v) is 4.50. The smallest absolute Gasteiger partial charge is 0.222 e. The molecule has 20 heavy (non-hydrogen) atoms. The van der Waals surface area contributed by atoms with Gasteiger partial charge in [0, 0.05) is 32.2 Å². The minimum Gasteiger partial charge on any atom is -0.508 e. The van der Waals surface area contributed by atoms with E-state index < -0.39 is 0 Å². The molecule has 1 aliphatic heterocycles. The fourth-order valence-electron chi connectivity index (χ4n) is 2.39. The summed E-state index contributed by atoms with van der Waals surface area (Å²) in [4.78, 5) is 24.7. The van der Waals surface area contributed by atoms with Crippen molar-refractivity contribution in [3.05, 3.63) is 29.8 Å². The van der Waals surface area contributed by atoms with Crippen molar-refractivity contribution < 1.29 is 14.7 Å². The van der Waals surface area contributed by atoms with Gasteiger partial charge in [-0.3, -0.25) is 9.59 Å². The number of aromatic hydroxyl groups is 1. The molecule has 1 saturated heterocycles. The molecular weight excluding hydrogens is 274 g/mol. The lowest BCUT2D eigenvalue weighted by molar-refractivity contribution is -0.127. The molecule has 5 heteroatoms. The van der Waals surface area contributed by atoms with Crippen LogP contribution in [-0.4, -0.2) is 39.9 Å². The quantitative estimate of drug-likeness (QED) is 0.903. The van der Waals surface area contributed by atoms with Crippen molar-refractivity contribution in [1.82, 2.24) is 4.90 Å². The molecule has 1 aromatic carbocycles. The number of thioether (sulfide) groups is 1. The zero-order valence-corrected chi connectivity index (χ0v) is 12.4. The SMILES string of the molecule is CC(=O)SCC1CC(=O)N(CCc2ccccc2O)C1. The number of likely N-dealkylation sites (tertiary alicyclic amines) is 1. The molecule has 1 heterocycles. The summed E-state index contributed by atoms with van der Waals surface area (Å²) in [6.45, 7) is 2.89. The molecule has 1 atom stereocenters. The molecule has 108 valence electrons. The molecule has 1 amide bonds. The normalized spacial score (nSPS) is 18.6. The first-order chi connectivity index (χ1) is 9.56. The summed E-state index contributed by atoms with van der Waals surface area (Å²) in [5, 5.41) is 9.81. The van der Waals surface area contributed by atoms with E-state index >= 15 is 0 Å². The van der Waals surface area contributed by atoms with Crippen LogP contribution < -0.4 is 0 Å². The second-order valence-electron chi connectivity index (χ2n) is 5.09. The van der Waals surface area contributed by atoms with Gasteiger partial charge in [-0.05, 0) is 24.0 Å². The molecule has 1 aromatic rings. The molecule has 0 aliphatic carbocycles. The molecule has 0 radical (unpaired) electrons. The number of carbonyl (C=O) groups is 2. The molecular formula is C15H19NO3S. The Morgan fingerprint density at radius 3 is 2.90 bits per heavy atom. The third-order valence-electron chi connectivity index (χ3n) is 3.46. The van der Waals surface area contributed by atoms with Crippen LogP contribution in [0.15, 0.2) is 24.3 Å². The van der Waals surface area contributed by atoms with Crippen molar-refractivity contribution in [1.29, 1.82) is 0 Å². The molecule has 0 bridgehead atoms. The highest BCUT2D eigenvalue weighted by molar-refractivity contribution is 8.13. The predicted octanol–water partition coefficient (Wildman–Crippen LogP) is 2.06. The number of para-hydroxylation sites is 1. The minimum absolute atomic E-state index is 0.102. The lowest BCUT2D eigenvalue weighted by atomic mass is 10.1. The average Bonchev–Trinajstić information content (AvgIpc) is 2.76. The van der Waals surface area contributed by atoms with E-state index in [0.717, 1.165) is 5.56 Å². The summed E-state index contributed by atoms with van der Waals surface area (Å²) < 4.78 is 0. The molecule has 1 unspecified atom stereocenters. The molecule has 0 saturated carbocycles. The van der Waals surface area contributed by atoms with Gasteiger partial charge in [-0.2, -0.15) is 0 Å². The lowest BCUT2D eigenvalue weighted by Gasteiger charge is -2.16. The van der Waals surface area contributed by atoms with Crippen LogP contribution in [-0.2, 0) is 16.0 Å². The number of phenolic OH excluding ortho intramolecular Hbond substituents is 1. The van der Waals surface area contributed by atoms with Gasteiger partial charge in [0.1, 0.15) is 5.75 Å². The number of nitrogens with zero attached hydrogens (tertiary/aromatic N) is 1. The van der Waals surface area contributed by atoms with Crippen molar-refractivity contribution in [3.63, 3.8) is 0 Å². The average molecular weight is 293 g/mol. The number of hydrogen-bond acceptors (Lipinski definition) is 4. The highest BCUT2D eigenvalue weighted by Crippen LogP contribution is 2.23. The van der Waals surface area contributed by atoms with Crippen LogP contribution in [0.2, 0.25) is 0 Å². The van der Waals surface area contributed by atoms with E-state index in [9.17, 15) is 14.7 Å². The molecule has 4 nitrogen and oxygen atoms in total. The first-order valence-corrected chi connectivity index (χ1v) is 7.73. The van der Waals surface area contributed by atoms with Gasteiger partial charge in [-0.15, -0.1) is 0 Å². The monoisotopic (exact) mass is 293 g/mol. The van der Waals surface area contributed by atoms with Crippen LogP contribution in [0.3, 0.4) is 0 Å². The first kappa shape index (κ1) is 14.9.